The minimum absolute atomic E-state index is 0.378. The zero-order chi connectivity index (χ0) is 10.7. The fraction of sp³-hybridized carbons (Fsp3) is 0.364. The molecule has 0 bridgehead atoms. The molecule has 0 saturated heterocycles. The van der Waals surface area contributed by atoms with Gasteiger partial charge in [0.25, 0.3) is 0 Å². The summed E-state index contributed by atoms with van der Waals surface area (Å²) in [5.41, 5.74) is 0.711. The number of allylic oxidation sites excluding steroid dienone is 1. The van der Waals surface area contributed by atoms with E-state index in [9.17, 15) is 5.11 Å². The lowest BCUT2D eigenvalue weighted by Crippen LogP contribution is -2.09. The first-order valence-corrected chi connectivity index (χ1v) is 5.27. The van der Waals surface area contributed by atoms with Gasteiger partial charge in [-0.1, -0.05) is 11.6 Å². The quantitative estimate of drug-likeness (QED) is 0.787. The highest BCUT2D eigenvalue weighted by Gasteiger charge is 2.17. The molecule has 4 heteroatoms. The maximum Gasteiger partial charge on any atom is 0.136 e. The Morgan fingerprint density at radius 2 is 2.40 bits per heavy atom. The molecule has 1 aliphatic heterocycles. The van der Waals surface area contributed by atoms with Crippen molar-refractivity contribution < 1.29 is 9.84 Å². The molecule has 0 radical (unpaired) electrons. The molecule has 0 fully saturated rings. The average molecular weight is 226 g/mol. The molecule has 0 amide bonds. The summed E-state index contributed by atoms with van der Waals surface area (Å²) in [5.74, 6) is 0.614. The van der Waals surface area contributed by atoms with Gasteiger partial charge in [-0.25, -0.2) is 4.98 Å². The number of aliphatic hydroxyl groups excluding tert-OH is 1. The molecular formula is C11H12ClNO2. The highest BCUT2D eigenvalue weighted by Crippen LogP contribution is 2.26. The topological polar surface area (TPSA) is 42.4 Å². The summed E-state index contributed by atoms with van der Waals surface area (Å²) in [7, 11) is 0. The van der Waals surface area contributed by atoms with Crippen LogP contribution < -0.4 is 0 Å². The van der Waals surface area contributed by atoms with Crippen molar-refractivity contribution in [1.82, 2.24) is 4.98 Å². The van der Waals surface area contributed by atoms with Crippen molar-refractivity contribution in [3.63, 3.8) is 0 Å². The molecule has 2 heterocycles. The predicted octanol–water partition coefficient (Wildman–Crippen LogP) is 2.46. The Kier molecular flexibility index (Phi) is 3.23. The van der Waals surface area contributed by atoms with Gasteiger partial charge >= 0.3 is 0 Å². The van der Waals surface area contributed by atoms with Crippen molar-refractivity contribution in [1.29, 1.82) is 0 Å². The van der Waals surface area contributed by atoms with Gasteiger partial charge in [0.1, 0.15) is 17.0 Å². The van der Waals surface area contributed by atoms with Crippen LogP contribution in [-0.4, -0.2) is 16.7 Å². The fourth-order valence-electron chi connectivity index (χ4n) is 1.52. The number of aliphatic hydroxyl groups is 1. The van der Waals surface area contributed by atoms with Crippen LogP contribution in [0.25, 0.3) is 0 Å². The van der Waals surface area contributed by atoms with Crippen LogP contribution in [0.15, 0.2) is 30.2 Å². The second-order valence-electron chi connectivity index (χ2n) is 3.41. The molecule has 2 rings (SSSR count). The summed E-state index contributed by atoms with van der Waals surface area (Å²) in [6, 6.07) is 3.38. The summed E-state index contributed by atoms with van der Waals surface area (Å²) in [6.07, 6.45) is 4.72. The molecule has 0 saturated carbocycles. The van der Waals surface area contributed by atoms with Crippen LogP contribution in [0, 0.1) is 0 Å². The molecular weight excluding hydrogens is 214 g/mol. The van der Waals surface area contributed by atoms with Gasteiger partial charge in [0, 0.05) is 6.20 Å². The SMILES string of the molecule is OC(C1=CCCCO1)c1ccnc(Cl)c1. The van der Waals surface area contributed by atoms with Crippen LogP contribution >= 0.6 is 11.6 Å². The molecule has 1 aliphatic rings. The third kappa shape index (κ3) is 2.49. The first-order chi connectivity index (χ1) is 7.27. The van der Waals surface area contributed by atoms with Gasteiger partial charge in [0.05, 0.1) is 6.61 Å². The van der Waals surface area contributed by atoms with Crippen molar-refractivity contribution >= 4 is 11.6 Å². The number of hydrogen-bond donors (Lipinski definition) is 1. The van der Waals surface area contributed by atoms with Crippen LogP contribution in [0.4, 0.5) is 0 Å². The lowest BCUT2D eigenvalue weighted by atomic mass is 10.1. The molecule has 1 unspecified atom stereocenters. The maximum atomic E-state index is 9.99. The van der Waals surface area contributed by atoms with Gasteiger partial charge in [-0.15, -0.1) is 0 Å². The maximum absolute atomic E-state index is 9.99. The van der Waals surface area contributed by atoms with Crippen molar-refractivity contribution in [3.8, 4) is 0 Å². The standard InChI is InChI=1S/C11H12ClNO2/c12-10-7-8(4-5-13-10)11(14)9-3-1-2-6-15-9/h3-5,7,11,14H,1-2,6H2. The number of ether oxygens (including phenoxy) is 1. The first kappa shape index (κ1) is 10.5. The Bertz CT molecular complexity index is 379. The molecule has 15 heavy (non-hydrogen) atoms. The largest absolute Gasteiger partial charge is 0.495 e. The fourth-order valence-corrected chi connectivity index (χ4v) is 1.70. The predicted molar refractivity (Wildman–Crippen MR) is 57.5 cm³/mol. The molecule has 0 spiro atoms. The van der Waals surface area contributed by atoms with Crippen molar-refractivity contribution in [2.45, 2.75) is 18.9 Å². The molecule has 1 N–H and O–H groups in total. The van der Waals surface area contributed by atoms with Crippen LogP contribution in [0.1, 0.15) is 24.5 Å². The summed E-state index contributed by atoms with van der Waals surface area (Å²) in [5, 5.41) is 10.4. The van der Waals surface area contributed by atoms with Gasteiger partial charge in [-0.05, 0) is 36.6 Å². The third-order valence-electron chi connectivity index (χ3n) is 2.30. The Labute approximate surface area is 93.4 Å². The zero-order valence-electron chi connectivity index (χ0n) is 8.19. The minimum Gasteiger partial charge on any atom is -0.495 e. The third-order valence-corrected chi connectivity index (χ3v) is 2.51. The lowest BCUT2D eigenvalue weighted by molar-refractivity contribution is 0.0917. The Balaban J connectivity index is 2.19. The molecule has 0 aromatic carbocycles. The smallest absolute Gasteiger partial charge is 0.136 e. The summed E-state index contributed by atoms with van der Waals surface area (Å²) in [4.78, 5) is 3.86. The molecule has 80 valence electrons. The number of pyridine rings is 1. The van der Waals surface area contributed by atoms with E-state index in [1.165, 1.54) is 0 Å². The molecule has 3 nitrogen and oxygen atoms in total. The van der Waals surface area contributed by atoms with E-state index in [1.54, 1.807) is 18.3 Å². The number of halogens is 1. The van der Waals surface area contributed by atoms with E-state index in [0.29, 0.717) is 23.1 Å². The van der Waals surface area contributed by atoms with E-state index >= 15 is 0 Å². The molecule has 0 aliphatic carbocycles. The summed E-state index contributed by atoms with van der Waals surface area (Å²) >= 11 is 5.75. The number of rotatable bonds is 2. The summed E-state index contributed by atoms with van der Waals surface area (Å²) in [6.45, 7) is 0.668. The number of aromatic nitrogens is 1. The van der Waals surface area contributed by atoms with Crippen LogP contribution in [0.2, 0.25) is 5.15 Å². The minimum atomic E-state index is -0.731. The number of nitrogens with zero attached hydrogens (tertiary/aromatic N) is 1. The normalized spacial score (nSPS) is 17.9. The van der Waals surface area contributed by atoms with Crippen LogP contribution in [0.5, 0.6) is 0 Å². The van der Waals surface area contributed by atoms with Crippen molar-refractivity contribution in [3.05, 3.63) is 40.9 Å². The van der Waals surface area contributed by atoms with Gasteiger partial charge in [-0.2, -0.15) is 0 Å². The van der Waals surface area contributed by atoms with E-state index in [2.05, 4.69) is 4.98 Å². The highest BCUT2D eigenvalue weighted by atomic mass is 35.5. The monoisotopic (exact) mass is 225 g/mol. The van der Waals surface area contributed by atoms with Crippen molar-refractivity contribution in [2.75, 3.05) is 6.61 Å². The van der Waals surface area contributed by atoms with E-state index < -0.39 is 6.10 Å². The number of hydrogen-bond acceptors (Lipinski definition) is 3. The Morgan fingerprint density at radius 1 is 1.53 bits per heavy atom. The first-order valence-electron chi connectivity index (χ1n) is 4.90. The second kappa shape index (κ2) is 4.64. The Hall–Kier alpha value is -1.06. The van der Waals surface area contributed by atoms with Gasteiger partial charge in [-0.3, -0.25) is 0 Å². The van der Waals surface area contributed by atoms with Gasteiger partial charge < -0.3 is 9.84 Å². The molecule has 1 aromatic rings. The van der Waals surface area contributed by atoms with Crippen LogP contribution in [-0.2, 0) is 4.74 Å². The zero-order valence-corrected chi connectivity index (χ0v) is 8.94. The molecule has 1 atom stereocenters. The van der Waals surface area contributed by atoms with Gasteiger partial charge in [0.15, 0.2) is 0 Å². The lowest BCUT2D eigenvalue weighted by Gasteiger charge is -2.19. The summed E-state index contributed by atoms with van der Waals surface area (Å²) < 4.78 is 5.38. The van der Waals surface area contributed by atoms with E-state index in [-0.39, 0.29) is 0 Å². The average Bonchev–Trinajstić information content (AvgIpc) is 2.29. The highest BCUT2D eigenvalue weighted by molar-refractivity contribution is 6.29. The van der Waals surface area contributed by atoms with Crippen molar-refractivity contribution in [2.24, 2.45) is 0 Å². The second-order valence-corrected chi connectivity index (χ2v) is 3.80. The van der Waals surface area contributed by atoms with E-state index in [1.807, 2.05) is 6.08 Å². The Morgan fingerprint density at radius 3 is 3.07 bits per heavy atom. The van der Waals surface area contributed by atoms with E-state index in [4.69, 9.17) is 16.3 Å². The van der Waals surface area contributed by atoms with Gasteiger partial charge in [0.2, 0.25) is 0 Å². The molecule has 1 aromatic heterocycles. The van der Waals surface area contributed by atoms with E-state index in [0.717, 1.165) is 12.8 Å². The van der Waals surface area contributed by atoms with Crippen LogP contribution in [0.3, 0.4) is 0 Å².